The highest BCUT2D eigenvalue weighted by molar-refractivity contribution is 7.89. The van der Waals surface area contributed by atoms with Crippen molar-refractivity contribution in [1.82, 2.24) is 4.31 Å². The van der Waals surface area contributed by atoms with Crippen LogP contribution >= 0.6 is 0 Å². The Bertz CT molecular complexity index is 782. The molecule has 5 heteroatoms. The number of aliphatic hydroxyl groups excluding tert-OH is 1. The van der Waals surface area contributed by atoms with Crippen LogP contribution in [-0.4, -0.2) is 30.9 Å². The lowest BCUT2D eigenvalue weighted by Crippen LogP contribution is -2.29. The van der Waals surface area contributed by atoms with Crippen molar-refractivity contribution >= 4 is 10.0 Å². The molecule has 1 aliphatic rings. The Morgan fingerprint density at radius 2 is 1.67 bits per heavy atom. The van der Waals surface area contributed by atoms with Gasteiger partial charge in [0.15, 0.2) is 0 Å². The molecule has 1 saturated heterocycles. The second-order valence-corrected chi connectivity index (χ2v) is 8.45. The first-order valence-corrected chi connectivity index (χ1v) is 9.68. The first-order chi connectivity index (χ1) is 11.5. The summed E-state index contributed by atoms with van der Waals surface area (Å²) in [6.07, 6.45) is 1.75. The van der Waals surface area contributed by atoms with E-state index >= 15 is 0 Å². The number of hydrogen-bond donors (Lipinski definition) is 1. The highest BCUT2D eigenvalue weighted by Crippen LogP contribution is 2.27. The molecule has 0 amide bonds. The predicted octanol–water partition coefficient (Wildman–Crippen LogP) is 2.74. The number of rotatable bonds is 5. The predicted molar refractivity (Wildman–Crippen MR) is 94.1 cm³/mol. The maximum absolute atomic E-state index is 12.7. The van der Waals surface area contributed by atoms with Crippen molar-refractivity contribution < 1.29 is 13.5 Å². The standard InChI is InChI=1S/C19H23NO3S/c1-15-2-8-19(9-3-15)24(22,23)20-11-10-18(13-20)12-16-4-6-17(14-21)7-5-16/h2-9,18,21H,10-14H2,1H3/t18-/m1/s1. The van der Waals surface area contributed by atoms with Gasteiger partial charge in [0.1, 0.15) is 0 Å². The molecule has 0 aromatic heterocycles. The zero-order chi connectivity index (χ0) is 17.2. The second kappa shape index (κ2) is 7.05. The fourth-order valence-electron chi connectivity index (χ4n) is 3.16. The van der Waals surface area contributed by atoms with Gasteiger partial charge in [0, 0.05) is 13.1 Å². The largest absolute Gasteiger partial charge is 0.392 e. The van der Waals surface area contributed by atoms with Gasteiger partial charge < -0.3 is 5.11 Å². The van der Waals surface area contributed by atoms with Gasteiger partial charge in [-0.05, 0) is 48.9 Å². The summed E-state index contributed by atoms with van der Waals surface area (Å²) in [5.74, 6) is 0.338. The minimum atomic E-state index is -3.39. The van der Waals surface area contributed by atoms with E-state index < -0.39 is 10.0 Å². The summed E-state index contributed by atoms with van der Waals surface area (Å²) in [4.78, 5) is 0.376. The van der Waals surface area contributed by atoms with Crippen molar-refractivity contribution in [2.75, 3.05) is 13.1 Å². The van der Waals surface area contributed by atoms with Gasteiger partial charge in [-0.25, -0.2) is 8.42 Å². The van der Waals surface area contributed by atoms with Crippen molar-refractivity contribution in [3.63, 3.8) is 0 Å². The van der Waals surface area contributed by atoms with Gasteiger partial charge in [-0.1, -0.05) is 42.0 Å². The van der Waals surface area contributed by atoms with Gasteiger partial charge >= 0.3 is 0 Å². The minimum Gasteiger partial charge on any atom is -0.392 e. The number of nitrogens with zero attached hydrogens (tertiary/aromatic N) is 1. The number of aliphatic hydroxyl groups is 1. The molecule has 2 aromatic carbocycles. The molecule has 1 heterocycles. The van der Waals surface area contributed by atoms with Crippen molar-refractivity contribution in [3.05, 3.63) is 65.2 Å². The molecule has 0 aliphatic carbocycles. The lowest BCUT2D eigenvalue weighted by atomic mass is 9.98. The maximum atomic E-state index is 12.7. The first-order valence-electron chi connectivity index (χ1n) is 8.24. The van der Waals surface area contributed by atoms with Crippen LogP contribution in [0.5, 0.6) is 0 Å². The fraction of sp³-hybridized carbons (Fsp3) is 0.368. The smallest absolute Gasteiger partial charge is 0.243 e. The molecule has 1 aliphatic heterocycles. The highest BCUT2D eigenvalue weighted by Gasteiger charge is 2.32. The molecule has 128 valence electrons. The quantitative estimate of drug-likeness (QED) is 0.906. The lowest BCUT2D eigenvalue weighted by Gasteiger charge is -2.17. The Morgan fingerprint density at radius 1 is 1.04 bits per heavy atom. The van der Waals surface area contributed by atoms with Crippen molar-refractivity contribution in [3.8, 4) is 0 Å². The average Bonchev–Trinajstić information content (AvgIpc) is 3.05. The molecule has 4 nitrogen and oxygen atoms in total. The summed E-state index contributed by atoms with van der Waals surface area (Å²) in [7, 11) is -3.39. The number of hydrogen-bond acceptors (Lipinski definition) is 3. The third kappa shape index (κ3) is 3.69. The fourth-order valence-corrected chi connectivity index (χ4v) is 4.69. The van der Waals surface area contributed by atoms with E-state index in [-0.39, 0.29) is 6.61 Å². The molecule has 0 unspecified atom stereocenters. The molecular weight excluding hydrogens is 322 g/mol. The van der Waals surface area contributed by atoms with Crippen molar-refractivity contribution in [2.45, 2.75) is 31.3 Å². The SMILES string of the molecule is Cc1ccc(S(=O)(=O)N2CC[C@H](Cc3ccc(CO)cc3)C2)cc1. The molecule has 0 radical (unpaired) electrons. The van der Waals surface area contributed by atoms with Crippen molar-refractivity contribution in [2.24, 2.45) is 5.92 Å². The Balaban J connectivity index is 1.66. The van der Waals surface area contributed by atoms with E-state index in [1.165, 1.54) is 5.56 Å². The van der Waals surface area contributed by atoms with Gasteiger partial charge in [-0.15, -0.1) is 0 Å². The maximum Gasteiger partial charge on any atom is 0.243 e. The zero-order valence-corrected chi connectivity index (χ0v) is 14.7. The second-order valence-electron chi connectivity index (χ2n) is 6.51. The molecule has 24 heavy (non-hydrogen) atoms. The molecule has 3 rings (SSSR count). The summed E-state index contributed by atoms with van der Waals surface area (Å²) in [5, 5.41) is 9.09. The van der Waals surface area contributed by atoms with E-state index in [2.05, 4.69) is 0 Å². The molecule has 0 bridgehead atoms. The summed E-state index contributed by atoms with van der Waals surface area (Å²) in [5.41, 5.74) is 3.14. The molecule has 1 fully saturated rings. The summed E-state index contributed by atoms with van der Waals surface area (Å²) >= 11 is 0. The number of benzene rings is 2. The Labute approximate surface area is 143 Å². The molecule has 1 atom stereocenters. The molecule has 2 aromatic rings. The Morgan fingerprint density at radius 3 is 2.29 bits per heavy atom. The van der Waals surface area contributed by atoms with Gasteiger partial charge in [-0.3, -0.25) is 0 Å². The Kier molecular flexibility index (Phi) is 5.04. The van der Waals surface area contributed by atoms with Gasteiger partial charge in [0.25, 0.3) is 0 Å². The summed E-state index contributed by atoms with van der Waals surface area (Å²) < 4.78 is 27.1. The molecular formula is C19H23NO3S. The van der Waals surface area contributed by atoms with E-state index in [4.69, 9.17) is 5.11 Å². The summed E-state index contributed by atoms with van der Waals surface area (Å²) in [6.45, 7) is 3.14. The number of aryl methyl sites for hydroxylation is 1. The molecule has 0 spiro atoms. The van der Waals surface area contributed by atoms with Crippen LogP contribution in [0.2, 0.25) is 0 Å². The van der Waals surface area contributed by atoms with E-state index in [1.54, 1.807) is 16.4 Å². The third-order valence-corrected chi connectivity index (χ3v) is 6.52. The van der Waals surface area contributed by atoms with E-state index in [0.717, 1.165) is 24.0 Å². The first kappa shape index (κ1) is 17.1. The van der Waals surface area contributed by atoms with Gasteiger partial charge in [-0.2, -0.15) is 4.31 Å². The third-order valence-electron chi connectivity index (χ3n) is 4.64. The van der Waals surface area contributed by atoms with E-state index in [0.29, 0.717) is 23.9 Å². The van der Waals surface area contributed by atoms with Crippen LogP contribution in [0.15, 0.2) is 53.4 Å². The average molecular weight is 345 g/mol. The van der Waals surface area contributed by atoms with Crippen LogP contribution < -0.4 is 0 Å². The van der Waals surface area contributed by atoms with Gasteiger partial charge in [0.2, 0.25) is 10.0 Å². The molecule has 1 N–H and O–H groups in total. The Hall–Kier alpha value is -1.69. The van der Waals surface area contributed by atoms with Crippen LogP contribution in [0.25, 0.3) is 0 Å². The minimum absolute atomic E-state index is 0.0479. The van der Waals surface area contributed by atoms with Crippen molar-refractivity contribution in [1.29, 1.82) is 0 Å². The monoisotopic (exact) mass is 345 g/mol. The zero-order valence-electron chi connectivity index (χ0n) is 13.9. The van der Waals surface area contributed by atoms with Gasteiger partial charge in [0.05, 0.1) is 11.5 Å². The topological polar surface area (TPSA) is 57.6 Å². The number of sulfonamides is 1. The lowest BCUT2D eigenvalue weighted by molar-refractivity contribution is 0.282. The van der Waals surface area contributed by atoms with Crippen LogP contribution in [0.3, 0.4) is 0 Å². The normalized spacial score (nSPS) is 18.8. The van der Waals surface area contributed by atoms with Crippen LogP contribution in [0.1, 0.15) is 23.1 Å². The van der Waals surface area contributed by atoms with Crippen LogP contribution in [0, 0.1) is 12.8 Å². The molecule has 0 saturated carbocycles. The summed E-state index contributed by atoms with van der Waals surface area (Å²) in [6, 6.07) is 14.9. The van der Waals surface area contributed by atoms with E-state index in [1.807, 2.05) is 43.3 Å². The highest BCUT2D eigenvalue weighted by atomic mass is 32.2. The van der Waals surface area contributed by atoms with Crippen LogP contribution in [0.4, 0.5) is 0 Å². The van der Waals surface area contributed by atoms with E-state index in [9.17, 15) is 8.42 Å². The van der Waals surface area contributed by atoms with Crippen LogP contribution in [-0.2, 0) is 23.1 Å².